The van der Waals surface area contributed by atoms with Gasteiger partial charge in [0, 0.05) is 45.0 Å². The third-order valence-corrected chi connectivity index (χ3v) is 27.2. The molecule has 0 bridgehead atoms. The molecule has 0 radical (unpaired) electrons. The summed E-state index contributed by atoms with van der Waals surface area (Å²) in [6.07, 6.45) is 8.83. The van der Waals surface area contributed by atoms with E-state index in [2.05, 4.69) is 134 Å². The predicted molar refractivity (Wildman–Crippen MR) is 480 cm³/mol. The van der Waals surface area contributed by atoms with Crippen molar-refractivity contribution < 1.29 is 58.6 Å². The predicted octanol–water partition coefficient (Wildman–Crippen LogP) is 25.9. The van der Waals surface area contributed by atoms with Crippen molar-refractivity contribution >= 4 is 95.8 Å². The molecule has 15 aromatic rings. The molecule has 2 unspecified atom stereocenters. The normalized spacial score (nSPS) is 17.5. The summed E-state index contributed by atoms with van der Waals surface area (Å²) in [7, 11) is 0. The molecule has 0 aromatic heterocycles. The molecule has 0 saturated carbocycles. The molecule has 4 N–H and O–H groups in total. The lowest BCUT2D eigenvalue weighted by atomic mass is 9.58. The summed E-state index contributed by atoms with van der Waals surface area (Å²) in [5.74, 6) is 0.401. The number of aryl methyl sites for hydroxylation is 2. The number of phenols is 4. The average Bonchev–Trinajstić information content (AvgIpc) is 1.19. The van der Waals surface area contributed by atoms with Gasteiger partial charge in [0.1, 0.15) is 69.3 Å². The number of hydrogen-bond acceptors (Lipinski definition) is 12. The molecule has 6 aliphatic carbocycles. The lowest BCUT2D eigenvalue weighted by Gasteiger charge is -2.49. The maximum absolute atomic E-state index is 16.1. The summed E-state index contributed by atoms with van der Waals surface area (Å²) in [6, 6.07) is 66.8. The van der Waals surface area contributed by atoms with Crippen LogP contribution in [0.3, 0.4) is 0 Å². The minimum Gasteiger partial charge on any atom is -0.508 e. The van der Waals surface area contributed by atoms with E-state index in [0.29, 0.717) is 96.3 Å². The highest BCUT2D eigenvalue weighted by molar-refractivity contribution is 6.45. The maximum Gasteiger partial charge on any atom is 0.266 e. The Bertz CT molecular complexity index is 7120. The number of carbonyl (C=O) groups excluding carboxylic acids is 4. The van der Waals surface area contributed by atoms with Crippen LogP contribution >= 0.6 is 0 Å². The fourth-order valence-electron chi connectivity index (χ4n) is 21.9. The van der Waals surface area contributed by atoms with Gasteiger partial charge in [0.2, 0.25) is 5.91 Å². The number of nitrogens with zero attached hydrogens (tertiary/aromatic N) is 2. The number of anilines is 2. The van der Waals surface area contributed by atoms with Crippen LogP contribution in [0.15, 0.2) is 218 Å². The van der Waals surface area contributed by atoms with Crippen molar-refractivity contribution in [3.63, 3.8) is 0 Å². The van der Waals surface area contributed by atoms with E-state index in [0.717, 1.165) is 129 Å². The minimum atomic E-state index is -0.768. The molecule has 4 amide bonds. The molecule has 14 nitrogen and oxygen atoms in total. The molecule has 23 rings (SSSR count). The zero-order valence-corrected chi connectivity index (χ0v) is 68.3. The van der Waals surface area contributed by atoms with Crippen molar-refractivity contribution in [2.45, 2.75) is 129 Å². The first-order valence-electron chi connectivity index (χ1n) is 42.4. The van der Waals surface area contributed by atoms with Crippen LogP contribution in [0.4, 0.5) is 11.4 Å². The lowest BCUT2D eigenvalue weighted by molar-refractivity contribution is -0.120. The summed E-state index contributed by atoms with van der Waals surface area (Å²) in [5.41, 5.74) is 25.1. The Morgan fingerprint density at radius 2 is 0.787 bits per heavy atom. The van der Waals surface area contributed by atoms with Gasteiger partial charge >= 0.3 is 0 Å². The first-order chi connectivity index (χ1) is 59.1. The van der Waals surface area contributed by atoms with E-state index in [1.165, 1.54) is 37.6 Å². The van der Waals surface area contributed by atoms with Crippen LogP contribution in [0.2, 0.25) is 0 Å². The highest BCUT2D eigenvalue weighted by atomic mass is 16.5. The van der Waals surface area contributed by atoms with Crippen LogP contribution in [0, 0.1) is 0 Å². The van der Waals surface area contributed by atoms with Crippen LogP contribution in [0.5, 0.6) is 63.2 Å². The fourth-order valence-corrected chi connectivity index (χ4v) is 21.9. The van der Waals surface area contributed by atoms with Crippen molar-refractivity contribution in [1.82, 2.24) is 0 Å². The number of para-hydroxylation sites is 2. The molecule has 2 heterocycles. The zero-order valence-electron chi connectivity index (χ0n) is 68.3. The number of carbonyl (C=O) groups is 4. The second kappa shape index (κ2) is 26.6. The smallest absolute Gasteiger partial charge is 0.266 e. The van der Waals surface area contributed by atoms with Gasteiger partial charge in [0.25, 0.3) is 17.7 Å². The van der Waals surface area contributed by atoms with Crippen molar-refractivity contribution in [3.8, 4) is 108 Å². The summed E-state index contributed by atoms with van der Waals surface area (Å²) in [4.78, 5) is 66.9. The van der Waals surface area contributed by atoms with E-state index in [1.54, 1.807) is 109 Å². The number of hydrogen-bond donors (Lipinski definition) is 4. The maximum atomic E-state index is 16.1. The van der Waals surface area contributed by atoms with Gasteiger partial charge in [-0.3, -0.25) is 19.2 Å². The Kier molecular flexibility index (Phi) is 15.9. The van der Waals surface area contributed by atoms with Crippen molar-refractivity contribution in [3.05, 3.63) is 307 Å². The Balaban J connectivity index is 0.665. The van der Waals surface area contributed by atoms with E-state index in [9.17, 15) is 20.4 Å². The second-order valence-corrected chi connectivity index (χ2v) is 35.3. The van der Waals surface area contributed by atoms with E-state index >= 15 is 19.2 Å². The van der Waals surface area contributed by atoms with Crippen LogP contribution in [0.1, 0.15) is 213 Å². The van der Waals surface area contributed by atoms with Gasteiger partial charge in [-0.2, -0.15) is 0 Å². The lowest BCUT2D eigenvalue weighted by Crippen LogP contribution is -2.51. The van der Waals surface area contributed by atoms with E-state index < -0.39 is 29.7 Å². The number of fused-ring (bicyclic) bond motifs is 12. The molecule has 0 fully saturated rings. The largest absolute Gasteiger partial charge is 0.508 e. The van der Waals surface area contributed by atoms with Gasteiger partial charge in [0.15, 0.2) is 0 Å². The second-order valence-electron chi connectivity index (χ2n) is 35.3. The van der Waals surface area contributed by atoms with Gasteiger partial charge in [-0.25, -0.2) is 9.80 Å². The quantitative estimate of drug-likeness (QED) is 0.0458. The molecule has 0 saturated heterocycles. The monoisotopic (exact) mass is 1600 g/mol. The Morgan fingerprint density at radius 3 is 1.30 bits per heavy atom. The highest BCUT2D eigenvalue weighted by Crippen LogP contribution is 2.67. The first-order valence-corrected chi connectivity index (χ1v) is 42.4. The number of aromatic hydroxyl groups is 4. The standard InChI is InChI=1S/C108H82N2O12/c1-51(2)67-11-9-12-68(52(3)4)103(67)109-105(115)83-47-87(119-63-27-19-59(111)20-28-63)97-75-39-35-71-79-43-55-15-17-57-45-81-73-37-41-77-94-78(42-38-74(92(73)94)82(81)46-58(57)18-16-56(55)44-80(79)72-36-40-76(93(75)91(71)72)98-88(120-64-29-21-60(112)22-30-64)48-84(106(109)116)95(83)101(97)98)100-90(122-66-33-25-62(114)26-34-66)50-86-96-85(49-89(99(77)102(96)100)121-65-31-23-61(113)24-32-65)107(117)110(108(86)118)104-69(53(5)6)13-10-14-70(104)54(7)8/h9-15,17,19-41,43-49,51-54,78,86,90,100,111-114H,16,18,42,50H2,1-8H3/b17-15-/t78?,86?,90-,100-/m0/s1. The summed E-state index contributed by atoms with van der Waals surface area (Å²) in [5, 5.41) is 48.7. The number of allylic oxidation sites excluding steroid dienone is 1. The summed E-state index contributed by atoms with van der Waals surface area (Å²) in [6.45, 7) is 16.7. The molecule has 122 heavy (non-hydrogen) atoms. The van der Waals surface area contributed by atoms with Crippen LogP contribution < -0.4 is 28.7 Å². The summed E-state index contributed by atoms with van der Waals surface area (Å²) >= 11 is 0. The highest BCUT2D eigenvalue weighted by Gasteiger charge is 2.56. The van der Waals surface area contributed by atoms with Crippen molar-refractivity contribution in [1.29, 1.82) is 0 Å². The SMILES string of the molecule is CC(C)c1cccc(C(C)C)c1N1C(=O)c2cc(Oc3ccc(O)cc3)c3c4ccc5c6c(ccc(c7c(Oc8ccc(O)cc8)cc(c2c37)C1=O)c64)-c1cc2c(cc1-5)/C=C\c1cc3c(cc1CC2)C1=CCC2c4c(ccc-3c41)-c1c(Oc3ccc(O)cc3)cc3c4c1[C@@H]2[C@@H](Oc1ccc(O)cc1)CC4C(=O)N(c1c(C(C)C)cccc1C(C)C)C3=O. The first kappa shape index (κ1) is 72.9. The van der Waals surface area contributed by atoms with Gasteiger partial charge in [-0.05, 0) is 327 Å². The molecule has 15 aromatic carbocycles. The van der Waals surface area contributed by atoms with Crippen molar-refractivity contribution in [2.24, 2.45) is 0 Å². The van der Waals surface area contributed by atoms with E-state index in [4.69, 9.17) is 18.9 Å². The number of ether oxygens (including phenoxy) is 4. The Morgan fingerprint density at radius 1 is 0.361 bits per heavy atom. The molecule has 0 spiro atoms. The van der Waals surface area contributed by atoms with Crippen LogP contribution in [0.25, 0.3) is 105 Å². The third-order valence-electron chi connectivity index (χ3n) is 27.2. The minimum absolute atomic E-state index is 0.00934. The van der Waals surface area contributed by atoms with Crippen LogP contribution in [-0.2, 0) is 17.6 Å². The average molecular weight is 1600 g/mol. The number of benzene rings is 15. The van der Waals surface area contributed by atoms with E-state index in [1.807, 2.05) is 42.5 Å². The Labute approximate surface area is 703 Å². The van der Waals surface area contributed by atoms with Gasteiger partial charge < -0.3 is 39.4 Å². The number of amides is 4. The van der Waals surface area contributed by atoms with Crippen LogP contribution in [-0.4, -0.2) is 50.2 Å². The zero-order chi connectivity index (χ0) is 83.2. The van der Waals surface area contributed by atoms with Crippen molar-refractivity contribution in [2.75, 3.05) is 9.80 Å². The number of phenolic OH excluding ortho intramolecular Hbond substituents is 4. The molecule has 2 aliphatic heterocycles. The number of rotatable bonds is 14. The summed E-state index contributed by atoms with van der Waals surface area (Å²) < 4.78 is 28.6. The van der Waals surface area contributed by atoms with E-state index in [-0.39, 0.29) is 70.8 Å². The fraction of sp³-hybridized carbons (Fsp3) is 0.185. The molecular formula is C108H82N2O12. The number of imide groups is 2. The topological polar surface area (TPSA) is 193 Å². The van der Waals surface area contributed by atoms with Gasteiger partial charge in [-0.1, -0.05) is 146 Å². The molecule has 4 atom stereocenters. The van der Waals surface area contributed by atoms with Gasteiger partial charge in [-0.15, -0.1) is 0 Å². The molecule has 596 valence electrons. The molecule has 8 aliphatic rings. The van der Waals surface area contributed by atoms with Gasteiger partial charge in [0.05, 0.1) is 28.4 Å². The third kappa shape index (κ3) is 10.5. The molecular weight excluding hydrogens is 1520 g/mol. The molecule has 14 heteroatoms. The Hall–Kier alpha value is -14.2.